The van der Waals surface area contributed by atoms with Crippen LogP contribution in [0.5, 0.6) is 0 Å². The molecule has 2 aromatic carbocycles. The minimum Gasteiger partial charge on any atom is -0.476 e. The standard InChI is InChI=1S/C20H18O7/c21-17(14-7-3-1-4-8-14)25-13-16-11-12-20(26-16,19(23)24)27-18(22)15-9-5-2-6-10-15/h1-10,16H,11-13H2,(H,23,24). The van der Waals surface area contributed by atoms with E-state index in [1.807, 2.05) is 0 Å². The summed E-state index contributed by atoms with van der Waals surface area (Å²) in [5, 5.41) is 9.52. The molecule has 3 rings (SSSR count). The summed E-state index contributed by atoms with van der Waals surface area (Å²) in [6.45, 7) is -0.133. The van der Waals surface area contributed by atoms with Crippen molar-refractivity contribution in [3.63, 3.8) is 0 Å². The van der Waals surface area contributed by atoms with Gasteiger partial charge in [-0.2, -0.15) is 0 Å². The maximum atomic E-state index is 12.2. The molecule has 140 valence electrons. The molecule has 0 bridgehead atoms. The molecule has 7 heteroatoms. The molecule has 0 aromatic heterocycles. The zero-order chi connectivity index (χ0) is 19.3. The Balaban J connectivity index is 1.61. The van der Waals surface area contributed by atoms with E-state index in [2.05, 4.69) is 0 Å². The summed E-state index contributed by atoms with van der Waals surface area (Å²) in [7, 11) is 0. The van der Waals surface area contributed by atoms with Crippen LogP contribution in [0.15, 0.2) is 60.7 Å². The van der Waals surface area contributed by atoms with Gasteiger partial charge in [0.25, 0.3) is 0 Å². The molecule has 1 aliphatic heterocycles. The lowest BCUT2D eigenvalue weighted by molar-refractivity contribution is -0.219. The summed E-state index contributed by atoms with van der Waals surface area (Å²) in [4.78, 5) is 35.9. The molecule has 0 spiro atoms. The third-order valence-electron chi connectivity index (χ3n) is 4.16. The fourth-order valence-electron chi connectivity index (χ4n) is 2.74. The number of carboxylic acid groups (broad SMARTS) is 1. The van der Waals surface area contributed by atoms with Crippen LogP contribution in [0.4, 0.5) is 0 Å². The van der Waals surface area contributed by atoms with Crippen LogP contribution >= 0.6 is 0 Å². The molecule has 2 unspecified atom stereocenters. The van der Waals surface area contributed by atoms with Crippen LogP contribution in [-0.2, 0) is 19.0 Å². The van der Waals surface area contributed by atoms with Gasteiger partial charge in [0, 0.05) is 6.42 Å². The van der Waals surface area contributed by atoms with Gasteiger partial charge < -0.3 is 19.3 Å². The van der Waals surface area contributed by atoms with Crippen LogP contribution in [0.2, 0.25) is 0 Å². The molecule has 7 nitrogen and oxygen atoms in total. The molecule has 1 N–H and O–H groups in total. The van der Waals surface area contributed by atoms with Crippen LogP contribution in [-0.4, -0.2) is 41.5 Å². The lowest BCUT2D eigenvalue weighted by atomic mass is 10.1. The zero-order valence-corrected chi connectivity index (χ0v) is 14.4. The van der Waals surface area contributed by atoms with Crippen LogP contribution in [0.3, 0.4) is 0 Å². The van der Waals surface area contributed by atoms with E-state index in [0.717, 1.165) is 0 Å². The fraction of sp³-hybridized carbons (Fsp3) is 0.250. The Hall–Kier alpha value is -3.19. The summed E-state index contributed by atoms with van der Waals surface area (Å²) >= 11 is 0. The van der Waals surface area contributed by atoms with Crippen LogP contribution in [0.25, 0.3) is 0 Å². The van der Waals surface area contributed by atoms with Gasteiger partial charge in [-0.3, -0.25) is 0 Å². The molecular formula is C20H18O7. The van der Waals surface area contributed by atoms with Gasteiger partial charge in [-0.25, -0.2) is 14.4 Å². The zero-order valence-electron chi connectivity index (χ0n) is 14.4. The Morgan fingerprint density at radius 2 is 1.52 bits per heavy atom. The van der Waals surface area contributed by atoms with E-state index in [1.165, 1.54) is 12.1 Å². The molecule has 1 heterocycles. The predicted octanol–water partition coefficient (Wildman–Crippen LogP) is 2.66. The molecule has 2 atom stereocenters. The third-order valence-corrected chi connectivity index (χ3v) is 4.16. The number of carboxylic acids is 1. The second kappa shape index (κ2) is 8.01. The third kappa shape index (κ3) is 4.32. The SMILES string of the molecule is O=C(OCC1CCC(OC(=O)c2ccccc2)(C(=O)O)O1)c1ccccc1. The summed E-state index contributed by atoms with van der Waals surface area (Å²) in [5.74, 6) is -4.81. The van der Waals surface area contributed by atoms with Gasteiger partial charge in [0.15, 0.2) is 0 Å². The van der Waals surface area contributed by atoms with E-state index in [-0.39, 0.29) is 25.0 Å². The molecule has 27 heavy (non-hydrogen) atoms. The minimum atomic E-state index is -2.09. The Labute approximate surface area is 155 Å². The number of hydrogen-bond acceptors (Lipinski definition) is 6. The smallest absolute Gasteiger partial charge is 0.377 e. The maximum Gasteiger partial charge on any atom is 0.377 e. The van der Waals surface area contributed by atoms with Crippen molar-refractivity contribution >= 4 is 17.9 Å². The number of carbonyl (C=O) groups excluding carboxylic acids is 2. The van der Waals surface area contributed by atoms with Crippen LogP contribution in [0.1, 0.15) is 33.6 Å². The van der Waals surface area contributed by atoms with Crippen molar-refractivity contribution in [1.29, 1.82) is 0 Å². The minimum absolute atomic E-state index is 0.0333. The van der Waals surface area contributed by atoms with Crippen LogP contribution in [0, 0.1) is 0 Å². The van der Waals surface area contributed by atoms with E-state index in [4.69, 9.17) is 14.2 Å². The average Bonchev–Trinajstić information content (AvgIpc) is 3.12. The van der Waals surface area contributed by atoms with E-state index in [9.17, 15) is 19.5 Å². The second-order valence-corrected chi connectivity index (χ2v) is 6.06. The monoisotopic (exact) mass is 370 g/mol. The van der Waals surface area contributed by atoms with Crippen LogP contribution < -0.4 is 0 Å². The lowest BCUT2D eigenvalue weighted by Gasteiger charge is -2.24. The largest absolute Gasteiger partial charge is 0.476 e. The van der Waals surface area contributed by atoms with E-state index >= 15 is 0 Å². The number of rotatable bonds is 6. The highest BCUT2D eigenvalue weighted by Crippen LogP contribution is 2.33. The van der Waals surface area contributed by atoms with Crippen molar-refractivity contribution in [3.8, 4) is 0 Å². The first kappa shape index (κ1) is 18.6. The fourth-order valence-corrected chi connectivity index (χ4v) is 2.74. The highest BCUT2D eigenvalue weighted by atomic mass is 16.7. The van der Waals surface area contributed by atoms with Gasteiger partial charge in [-0.15, -0.1) is 0 Å². The first-order chi connectivity index (χ1) is 13.0. The summed E-state index contributed by atoms with van der Waals surface area (Å²) in [5.41, 5.74) is 0.608. The molecule has 1 fully saturated rings. The van der Waals surface area contributed by atoms with E-state index < -0.39 is 29.8 Å². The molecule has 1 saturated heterocycles. The van der Waals surface area contributed by atoms with E-state index in [1.54, 1.807) is 48.5 Å². The Kier molecular flexibility index (Phi) is 5.52. The summed E-state index contributed by atoms with van der Waals surface area (Å²) in [6.07, 6.45) is -0.442. The Bertz CT molecular complexity index is 819. The predicted molar refractivity (Wildman–Crippen MR) is 93.1 cm³/mol. The van der Waals surface area contributed by atoms with Crippen molar-refractivity contribution in [3.05, 3.63) is 71.8 Å². The van der Waals surface area contributed by atoms with Gasteiger partial charge >= 0.3 is 23.7 Å². The highest BCUT2D eigenvalue weighted by molar-refractivity contribution is 5.92. The first-order valence-electron chi connectivity index (χ1n) is 8.42. The number of aliphatic carboxylic acids is 1. The Morgan fingerprint density at radius 1 is 0.963 bits per heavy atom. The van der Waals surface area contributed by atoms with Gasteiger partial charge in [0.2, 0.25) is 0 Å². The maximum absolute atomic E-state index is 12.2. The number of benzene rings is 2. The quantitative estimate of drug-likeness (QED) is 0.781. The molecule has 2 aromatic rings. The molecule has 0 radical (unpaired) electrons. The normalized spacial score (nSPS) is 21.4. The van der Waals surface area contributed by atoms with Crippen molar-refractivity contribution in [2.75, 3.05) is 6.61 Å². The van der Waals surface area contributed by atoms with Crippen molar-refractivity contribution in [1.82, 2.24) is 0 Å². The second-order valence-electron chi connectivity index (χ2n) is 6.06. The van der Waals surface area contributed by atoms with Gasteiger partial charge in [0.05, 0.1) is 17.2 Å². The topological polar surface area (TPSA) is 99.1 Å². The van der Waals surface area contributed by atoms with Crippen molar-refractivity contribution in [2.24, 2.45) is 0 Å². The van der Waals surface area contributed by atoms with Gasteiger partial charge in [0.1, 0.15) is 6.61 Å². The molecule has 1 aliphatic rings. The molecule has 0 saturated carbocycles. The highest BCUT2D eigenvalue weighted by Gasteiger charge is 2.51. The first-order valence-corrected chi connectivity index (χ1v) is 8.42. The van der Waals surface area contributed by atoms with Gasteiger partial charge in [-0.1, -0.05) is 36.4 Å². The molecule has 0 aliphatic carbocycles. The number of ether oxygens (including phenoxy) is 3. The van der Waals surface area contributed by atoms with Crippen molar-refractivity contribution < 1.29 is 33.7 Å². The van der Waals surface area contributed by atoms with Gasteiger partial charge in [-0.05, 0) is 30.7 Å². The number of hydrogen-bond donors (Lipinski definition) is 1. The lowest BCUT2D eigenvalue weighted by Crippen LogP contribution is -2.44. The Morgan fingerprint density at radius 3 is 2.07 bits per heavy atom. The molecule has 0 amide bonds. The summed E-state index contributed by atoms with van der Waals surface area (Å²) < 4.78 is 15.8. The number of esters is 2. The number of carbonyl (C=O) groups is 3. The van der Waals surface area contributed by atoms with E-state index in [0.29, 0.717) is 5.56 Å². The average molecular weight is 370 g/mol. The van der Waals surface area contributed by atoms with Crippen molar-refractivity contribution in [2.45, 2.75) is 24.7 Å². The molecular weight excluding hydrogens is 352 g/mol. The summed E-state index contributed by atoms with van der Waals surface area (Å²) in [6, 6.07) is 16.5.